The number of rotatable bonds is 0. The van der Waals surface area contributed by atoms with Crippen molar-refractivity contribution in [2.45, 2.75) is 0 Å². The molecule has 0 aliphatic carbocycles. The van der Waals surface area contributed by atoms with E-state index in [-0.39, 0.29) is 132 Å². The van der Waals surface area contributed by atoms with Gasteiger partial charge >= 0.3 is 139 Å². The first-order chi connectivity index (χ1) is 2.00. The minimum absolute atomic E-state index is 0. The summed E-state index contributed by atoms with van der Waals surface area (Å²) in [5.41, 5.74) is 0. The Labute approximate surface area is 160 Å². The number of hydrogen-bond acceptors (Lipinski definition) is 1. The van der Waals surface area contributed by atoms with Crippen molar-refractivity contribution in [1.82, 2.24) is 0 Å². The molecule has 3 nitrogen and oxygen atoms in total. The van der Waals surface area contributed by atoms with E-state index in [2.05, 4.69) is 11.2 Å². The summed E-state index contributed by atoms with van der Waals surface area (Å²) in [6.07, 6.45) is 0. The van der Waals surface area contributed by atoms with E-state index in [9.17, 15) is 0 Å². The molecule has 2 N–H and O–H groups in total. The van der Waals surface area contributed by atoms with Crippen LogP contribution in [-0.2, 0) is 4.57 Å². The van der Waals surface area contributed by atoms with Crippen LogP contribution in [0, 0.1) is 0 Å². The zero-order valence-corrected chi connectivity index (χ0v) is 3.78. The molecular formula is H8BaCaClO3PSr. The maximum atomic E-state index is 9.09. The topological polar surface area (TPSA) is 57.5 Å². The Kier molecular flexibility index (Phi) is 33.8. The Morgan fingerprint density at radius 1 is 1.38 bits per heavy atom. The van der Waals surface area contributed by atoms with Crippen LogP contribution in [0.2, 0.25) is 0 Å². The molecule has 0 aromatic heterocycles. The van der Waals surface area contributed by atoms with Crippen LogP contribution in [0.1, 0.15) is 0 Å². The van der Waals surface area contributed by atoms with Gasteiger partial charge in [-0.3, -0.25) is 0 Å². The van der Waals surface area contributed by atoms with Crippen molar-refractivity contribution >= 4 is 150 Å². The molecular weight excluding hydrogens is 379 g/mol. The number of halogens is 1. The van der Waals surface area contributed by atoms with Crippen molar-refractivity contribution < 1.29 is 14.4 Å². The van der Waals surface area contributed by atoms with Gasteiger partial charge in [-0.1, -0.05) is 0 Å². The second-order valence-corrected chi connectivity index (χ2v) is 2.74. The van der Waals surface area contributed by atoms with Gasteiger partial charge in [0.1, 0.15) is 0 Å². The molecule has 0 rings (SSSR count). The summed E-state index contributed by atoms with van der Waals surface area (Å²) in [4.78, 5) is 14.8. The van der Waals surface area contributed by atoms with Crippen LogP contribution in [0.4, 0.5) is 0 Å². The Bertz CT molecular complexity index is 65.4. The normalized spacial score (nSPS) is 7.38. The summed E-state index contributed by atoms with van der Waals surface area (Å²) < 4.78 is 9.09. The first-order valence-corrected chi connectivity index (χ1v) is 3.27. The van der Waals surface area contributed by atoms with Crippen LogP contribution in [0.3, 0.4) is 0 Å². The molecule has 0 aliphatic heterocycles. The molecule has 0 bridgehead atoms. The molecule has 0 aromatic rings. The summed E-state index contributed by atoms with van der Waals surface area (Å²) in [6.45, 7) is -4.17. The summed E-state index contributed by atoms with van der Waals surface area (Å²) in [7, 11) is 0. The Balaban J connectivity index is -0.0000000267. The monoisotopic (exact) mass is 388 g/mol. The van der Waals surface area contributed by atoms with Gasteiger partial charge in [-0.05, 0) is 0 Å². The molecule has 0 atom stereocenters. The van der Waals surface area contributed by atoms with Crippen LogP contribution in [0.25, 0.3) is 0 Å². The first kappa shape index (κ1) is 23.0. The van der Waals surface area contributed by atoms with Gasteiger partial charge in [-0.2, -0.15) is 0 Å². The summed E-state index contributed by atoms with van der Waals surface area (Å²) in [5.74, 6) is 0. The van der Waals surface area contributed by atoms with E-state index >= 15 is 0 Å². The van der Waals surface area contributed by atoms with Gasteiger partial charge < -0.3 is 9.79 Å². The second-order valence-electron chi connectivity index (χ2n) is 0.473. The number of hydrogen-bond donors (Lipinski definition) is 2. The maximum absolute atomic E-state index is 9.09. The predicted molar refractivity (Wildman–Crippen MR) is 43.5 cm³/mol. The standard InChI is InChI=1S/Ba.Ca.ClH2O3P.Sr.6H/c;;1-5(2,3)4;;;;;;;/h;;(H2,2,3,4);;;;;;;. The first-order valence-electron chi connectivity index (χ1n) is 0.752. The van der Waals surface area contributed by atoms with Crippen LogP contribution in [-0.4, -0.2) is 142 Å². The molecule has 0 fully saturated rings. The third kappa shape index (κ3) is 45.3. The zero-order valence-electron chi connectivity index (χ0n) is 2.13. The van der Waals surface area contributed by atoms with E-state index in [1.807, 2.05) is 0 Å². The third-order valence-corrected chi connectivity index (χ3v) is 0. The van der Waals surface area contributed by atoms with Crippen LogP contribution in [0.5, 0.6) is 0 Å². The van der Waals surface area contributed by atoms with Crippen molar-refractivity contribution in [2.75, 3.05) is 0 Å². The Morgan fingerprint density at radius 3 is 1.38 bits per heavy atom. The van der Waals surface area contributed by atoms with E-state index in [0.717, 1.165) is 0 Å². The molecule has 0 spiro atoms. The van der Waals surface area contributed by atoms with Gasteiger partial charge in [0.15, 0.2) is 0 Å². The fourth-order valence-electron chi connectivity index (χ4n) is 0. The molecule has 8 heavy (non-hydrogen) atoms. The van der Waals surface area contributed by atoms with E-state index in [1.165, 1.54) is 0 Å². The molecule has 0 aromatic carbocycles. The molecule has 8 heteroatoms. The average molecular weight is 388 g/mol. The molecule has 0 radical (unpaired) electrons. The summed E-state index contributed by atoms with van der Waals surface area (Å²) in [5, 5.41) is 0. The van der Waals surface area contributed by atoms with E-state index in [0.29, 0.717) is 0 Å². The van der Waals surface area contributed by atoms with Crippen LogP contribution >= 0.6 is 18.2 Å². The molecule has 0 amide bonds. The summed E-state index contributed by atoms with van der Waals surface area (Å²) >= 11 is 4.20. The van der Waals surface area contributed by atoms with Gasteiger partial charge in [-0.15, -0.1) is 0 Å². The van der Waals surface area contributed by atoms with Gasteiger partial charge in [0.25, 0.3) is 0 Å². The molecule has 44 valence electrons. The van der Waals surface area contributed by atoms with E-state index in [1.54, 1.807) is 0 Å². The van der Waals surface area contributed by atoms with Crippen LogP contribution < -0.4 is 0 Å². The van der Waals surface area contributed by atoms with E-state index in [4.69, 9.17) is 14.4 Å². The fraction of sp³-hybridized carbons (Fsp3) is 0. The second kappa shape index (κ2) is 11.8. The zero-order chi connectivity index (χ0) is 4.50. The summed E-state index contributed by atoms with van der Waals surface area (Å²) in [6, 6.07) is 0. The van der Waals surface area contributed by atoms with Crippen molar-refractivity contribution in [3.8, 4) is 0 Å². The minimum atomic E-state index is -4.17. The quantitative estimate of drug-likeness (QED) is 0.359. The fourth-order valence-corrected chi connectivity index (χ4v) is 0. The van der Waals surface area contributed by atoms with Crippen molar-refractivity contribution in [2.24, 2.45) is 0 Å². The van der Waals surface area contributed by atoms with Crippen molar-refractivity contribution in [3.05, 3.63) is 0 Å². The average Bonchev–Trinajstić information content (AvgIpc) is 0.722. The van der Waals surface area contributed by atoms with Gasteiger partial charge in [0, 0.05) is 11.2 Å². The van der Waals surface area contributed by atoms with Gasteiger partial charge in [-0.25, -0.2) is 4.57 Å². The van der Waals surface area contributed by atoms with Crippen LogP contribution in [0.15, 0.2) is 0 Å². The molecule has 0 saturated heterocycles. The van der Waals surface area contributed by atoms with Gasteiger partial charge in [0.2, 0.25) is 0 Å². The molecule has 0 heterocycles. The SMILES string of the molecule is O=P(O)(O)Cl.[BaH2].[CaH2].[SrH2]. The Morgan fingerprint density at radius 2 is 1.38 bits per heavy atom. The van der Waals surface area contributed by atoms with Crippen molar-refractivity contribution in [3.63, 3.8) is 0 Å². The Hall–Kier alpha value is 4.75. The van der Waals surface area contributed by atoms with Crippen molar-refractivity contribution in [1.29, 1.82) is 0 Å². The predicted octanol–water partition coefficient (Wildman–Crippen LogP) is -2.43. The van der Waals surface area contributed by atoms with E-state index < -0.39 is 6.95 Å². The molecule has 0 saturated carbocycles. The third-order valence-electron chi connectivity index (χ3n) is 0. The molecule has 0 aliphatic rings. The molecule has 0 unspecified atom stereocenters. The van der Waals surface area contributed by atoms with Gasteiger partial charge in [0.05, 0.1) is 0 Å².